The lowest BCUT2D eigenvalue weighted by Crippen LogP contribution is -1.93. The van der Waals surface area contributed by atoms with Crippen molar-refractivity contribution >= 4 is 19.2 Å². The molecular weight excluding hydrogens is 138 g/mol. The molecule has 0 bridgehead atoms. The van der Waals surface area contributed by atoms with E-state index in [4.69, 9.17) is 11.2 Å². The van der Waals surface area contributed by atoms with E-state index in [1.54, 1.807) is 0 Å². The number of hydrogen-bond donors (Lipinski definition) is 0. The summed E-state index contributed by atoms with van der Waals surface area (Å²) in [5.74, 6) is 0. The summed E-state index contributed by atoms with van der Waals surface area (Å²) in [4.78, 5) is 0. The van der Waals surface area contributed by atoms with Crippen LogP contribution in [0.5, 0.6) is 0 Å². The Balaban J connectivity index is 3.07. The lowest BCUT2D eigenvalue weighted by molar-refractivity contribution is 0.718. The summed E-state index contributed by atoms with van der Waals surface area (Å²) >= 11 is 5.67. The Morgan fingerprint density at radius 3 is 2.25 bits per heavy atom. The quantitative estimate of drug-likeness (QED) is 0.542. The van der Waals surface area contributed by atoms with Gasteiger partial charge in [0.2, 0.25) is 0 Å². The van der Waals surface area contributed by atoms with Gasteiger partial charge in [0.15, 0.2) is 0 Å². The Labute approximate surface area is 58.6 Å². The first kappa shape index (κ1) is 8.72. The van der Waals surface area contributed by atoms with Crippen LogP contribution in [-0.2, 0) is 0 Å². The first-order chi connectivity index (χ1) is 3.85. The zero-order chi connectivity index (χ0) is 6.41. The second kappa shape index (κ2) is 5.85. The van der Waals surface area contributed by atoms with Crippen molar-refractivity contribution in [3.63, 3.8) is 0 Å². The molecule has 0 aliphatic carbocycles. The molecule has 0 radical (unpaired) electrons. The Bertz CT molecular complexity index is 43.8. The highest BCUT2D eigenvalue weighted by Crippen LogP contribution is 2.29. The number of halogens is 1. The summed E-state index contributed by atoms with van der Waals surface area (Å²) in [7, 11) is 0.628. The number of rotatable bonds is 4. The highest BCUT2D eigenvalue weighted by Gasteiger charge is 2.00. The molecular formula is C6H14ClP. The lowest BCUT2D eigenvalue weighted by Gasteiger charge is -2.06. The summed E-state index contributed by atoms with van der Waals surface area (Å²) in [6, 6.07) is 0. The van der Waals surface area contributed by atoms with Gasteiger partial charge in [-0.1, -0.05) is 31.5 Å². The van der Waals surface area contributed by atoms with Crippen LogP contribution in [0.4, 0.5) is 0 Å². The van der Waals surface area contributed by atoms with E-state index in [0.717, 1.165) is 5.66 Å². The van der Waals surface area contributed by atoms with Gasteiger partial charge >= 0.3 is 0 Å². The fraction of sp³-hybridized carbons (Fsp3) is 1.00. The molecule has 2 unspecified atom stereocenters. The van der Waals surface area contributed by atoms with Crippen molar-refractivity contribution in [2.24, 2.45) is 0 Å². The van der Waals surface area contributed by atoms with Crippen molar-refractivity contribution in [2.75, 3.05) is 0 Å². The van der Waals surface area contributed by atoms with Crippen molar-refractivity contribution < 1.29 is 0 Å². The second-order valence-corrected chi connectivity index (χ2v) is 3.69. The van der Waals surface area contributed by atoms with Gasteiger partial charge in [-0.2, -0.15) is 0 Å². The minimum atomic E-state index is 0.628. The standard InChI is InChI=1S/C6H14ClP/c1-3-5-6(4-2)8-7/h6,8H,3-5H2,1-2H3. The maximum Gasteiger partial charge on any atom is -0.0101 e. The van der Waals surface area contributed by atoms with Gasteiger partial charge in [0.05, 0.1) is 0 Å². The molecule has 8 heavy (non-hydrogen) atoms. The van der Waals surface area contributed by atoms with E-state index in [1.807, 2.05) is 0 Å². The zero-order valence-electron chi connectivity index (χ0n) is 5.58. The predicted molar refractivity (Wildman–Crippen MR) is 43.2 cm³/mol. The molecule has 2 heteroatoms. The molecule has 50 valence electrons. The molecule has 0 aliphatic heterocycles. The molecule has 0 aromatic carbocycles. The smallest absolute Gasteiger partial charge is 0.0101 e. The maximum atomic E-state index is 5.67. The fourth-order valence-corrected chi connectivity index (χ4v) is 2.03. The van der Waals surface area contributed by atoms with Gasteiger partial charge in [0.25, 0.3) is 0 Å². The molecule has 0 amide bonds. The van der Waals surface area contributed by atoms with Crippen LogP contribution in [0.15, 0.2) is 0 Å². The SMILES string of the molecule is CCCC(CC)PCl. The van der Waals surface area contributed by atoms with Gasteiger partial charge < -0.3 is 0 Å². The molecule has 0 saturated heterocycles. The van der Waals surface area contributed by atoms with Gasteiger partial charge in [-0.3, -0.25) is 0 Å². The molecule has 0 heterocycles. The molecule has 0 aromatic rings. The Hall–Kier alpha value is 0.720. The molecule has 2 atom stereocenters. The summed E-state index contributed by atoms with van der Waals surface area (Å²) in [6.07, 6.45) is 3.83. The van der Waals surface area contributed by atoms with Crippen LogP contribution < -0.4 is 0 Å². The first-order valence-electron chi connectivity index (χ1n) is 3.21. The lowest BCUT2D eigenvalue weighted by atomic mass is 10.2. The molecule has 0 fully saturated rings. The van der Waals surface area contributed by atoms with E-state index in [1.165, 1.54) is 19.3 Å². The van der Waals surface area contributed by atoms with E-state index in [2.05, 4.69) is 13.8 Å². The van der Waals surface area contributed by atoms with Crippen molar-refractivity contribution in [1.82, 2.24) is 0 Å². The zero-order valence-corrected chi connectivity index (χ0v) is 7.33. The highest BCUT2D eigenvalue weighted by atomic mass is 35.7. The number of hydrogen-bond acceptors (Lipinski definition) is 0. The van der Waals surface area contributed by atoms with E-state index >= 15 is 0 Å². The Morgan fingerprint density at radius 2 is 2.12 bits per heavy atom. The minimum Gasteiger partial charge on any atom is -0.0998 e. The van der Waals surface area contributed by atoms with Gasteiger partial charge in [-0.25, -0.2) is 0 Å². The first-order valence-corrected chi connectivity index (χ1v) is 5.30. The molecule has 0 N–H and O–H groups in total. The molecule has 0 spiro atoms. The molecule has 0 saturated carbocycles. The van der Waals surface area contributed by atoms with Gasteiger partial charge in [0.1, 0.15) is 0 Å². The van der Waals surface area contributed by atoms with Crippen LogP contribution in [0.1, 0.15) is 33.1 Å². The van der Waals surface area contributed by atoms with Crippen LogP contribution in [0.2, 0.25) is 0 Å². The molecule has 0 aliphatic rings. The monoisotopic (exact) mass is 152 g/mol. The normalized spacial score (nSPS) is 15.4. The summed E-state index contributed by atoms with van der Waals surface area (Å²) in [6.45, 7) is 4.41. The summed E-state index contributed by atoms with van der Waals surface area (Å²) < 4.78 is 0. The van der Waals surface area contributed by atoms with E-state index in [-0.39, 0.29) is 0 Å². The second-order valence-electron chi connectivity index (χ2n) is 2.00. The van der Waals surface area contributed by atoms with E-state index in [0.29, 0.717) is 7.93 Å². The minimum absolute atomic E-state index is 0.628. The van der Waals surface area contributed by atoms with Crippen LogP contribution in [-0.4, -0.2) is 5.66 Å². The summed E-state index contributed by atoms with van der Waals surface area (Å²) in [5, 5.41) is 0. The van der Waals surface area contributed by atoms with Crippen LogP contribution >= 0.6 is 19.2 Å². The van der Waals surface area contributed by atoms with Gasteiger partial charge in [0, 0.05) is 0 Å². The van der Waals surface area contributed by atoms with Crippen molar-refractivity contribution in [3.8, 4) is 0 Å². The fourth-order valence-electron chi connectivity index (χ4n) is 0.684. The topological polar surface area (TPSA) is 0 Å². The molecule has 0 aromatic heterocycles. The third-order valence-electron chi connectivity index (χ3n) is 1.28. The van der Waals surface area contributed by atoms with Gasteiger partial charge in [-0.05, 0) is 26.4 Å². The largest absolute Gasteiger partial charge is 0.0998 e. The Kier molecular flexibility index (Phi) is 6.38. The summed E-state index contributed by atoms with van der Waals surface area (Å²) in [5.41, 5.74) is 0.793. The molecule has 0 rings (SSSR count). The third-order valence-corrected chi connectivity index (χ3v) is 3.22. The maximum absolute atomic E-state index is 5.67. The van der Waals surface area contributed by atoms with Gasteiger partial charge in [-0.15, -0.1) is 0 Å². The highest BCUT2D eigenvalue weighted by molar-refractivity contribution is 7.69. The average molecular weight is 153 g/mol. The van der Waals surface area contributed by atoms with Crippen molar-refractivity contribution in [2.45, 2.75) is 38.8 Å². The van der Waals surface area contributed by atoms with Crippen molar-refractivity contribution in [1.29, 1.82) is 0 Å². The predicted octanol–water partition coefficient (Wildman–Crippen LogP) is 3.40. The van der Waals surface area contributed by atoms with Crippen LogP contribution in [0.25, 0.3) is 0 Å². The van der Waals surface area contributed by atoms with Crippen LogP contribution in [0.3, 0.4) is 0 Å². The third kappa shape index (κ3) is 3.69. The Morgan fingerprint density at radius 1 is 1.50 bits per heavy atom. The van der Waals surface area contributed by atoms with E-state index < -0.39 is 0 Å². The average Bonchev–Trinajstić information content (AvgIpc) is 1.83. The molecule has 0 nitrogen and oxygen atoms in total. The van der Waals surface area contributed by atoms with Crippen molar-refractivity contribution in [3.05, 3.63) is 0 Å². The van der Waals surface area contributed by atoms with E-state index in [9.17, 15) is 0 Å². The van der Waals surface area contributed by atoms with Crippen LogP contribution in [0, 0.1) is 0 Å².